The smallest absolute Gasteiger partial charge is 0.0457 e. The number of fused-ring (bicyclic) bond motifs is 1. The largest absolute Gasteiger partial charge is 0.361 e. The van der Waals surface area contributed by atoms with Crippen LogP contribution in [0.3, 0.4) is 0 Å². The predicted octanol–water partition coefficient (Wildman–Crippen LogP) is 3.38. The van der Waals surface area contributed by atoms with Crippen molar-refractivity contribution in [1.82, 2.24) is 9.88 Å². The number of aromatic nitrogens is 1. The number of hydrogen-bond acceptors (Lipinski definition) is 2. The molecule has 0 aliphatic heterocycles. The van der Waals surface area contributed by atoms with E-state index in [1.54, 1.807) is 11.8 Å². The zero-order valence-electron chi connectivity index (χ0n) is 15.1. The minimum atomic E-state index is -2.66. The highest BCUT2D eigenvalue weighted by molar-refractivity contribution is 7.98. The van der Waals surface area contributed by atoms with Crippen molar-refractivity contribution in [2.24, 2.45) is 0 Å². The van der Waals surface area contributed by atoms with E-state index in [2.05, 4.69) is 11.1 Å². The Balaban J connectivity index is 2.15. The number of benzene rings is 1. The van der Waals surface area contributed by atoms with Gasteiger partial charge in [0.05, 0.1) is 0 Å². The third-order valence-corrected chi connectivity index (χ3v) is 3.61. The van der Waals surface area contributed by atoms with Crippen molar-refractivity contribution in [1.29, 1.82) is 0 Å². The first kappa shape index (κ1) is 7.49. The molecule has 0 radical (unpaired) electrons. The second-order valence-electron chi connectivity index (χ2n) is 4.01. The number of hydrogen-bond donors (Lipinski definition) is 1. The van der Waals surface area contributed by atoms with Crippen LogP contribution >= 0.6 is 11.8 Å². The van der Waals surface area contributed by atoms with E-state index in [1.165, 1.54) is 16.8 Å². The van der Waals surface area contributed by atoms with Gasteiger partial charge < -0.3 is 9.88 Å². The fourth-order valence-electron chi connectivity index (χ4n) is 1.84. The van der Waals surface area contributed by atoms with Gasteiger partial charge in [0.2, 0.25) is 0 Å². The lowest BCUT2D eigenvalue weighted by atomic mass is 10.1. The van der Waals surface area contributed by atoms with Gasteiger partial charge in [0.15, 0.2) is 0 Å². The van der Waals surface area contributed by atoms with Gasteiger partial charge in [0, 0.05) is 35.4 Å². The molecule has 1 N–H and O–H groups in total. The van der Waals surface area contributed by atoms with E-state index in [0.29, 0.717) is 13.0 Å². The number of H-pyrrole nitrogens is 1. The Morgan fingerprint density at radius 1 is 1.53 bits per heavy atom. The quantitative estimate of drug-likeness (QED) is 0.824. The summed E-state index contributed by atoms with van der Waals surface area (Å²) < 4.78 is 37.4. The molecule has 2 aromatic rings. The molecular formula is C14H20N2S. The highest BCUT2D eigenvalue weighted by Gasteiger charge is 2.05. The predicted molar refractivity (Wildman–Crippen MR) is 77.0 cm³/mol. The Morgan fingerprint density at radius 3 is 3.18 bits per heavy atom. The van der Waals surface area contributed by atoms with Gasteiger partial charge in [-0.15, -0.1) is 11.8 Å². The van der Waals surface area contributed by atoms with Gasteiger partial charge in [-0.05, 0) is 50.0 Å². The summed E-state index contributed by atoms with van der Waals surface area (Å²) in [4.78, 5) is 5.63. The van der Waals surface area contributed by atoms with Crippen LogP contribution in [-0.4, -0.2) is 36.2 Å². The second kappa shape index (κ2) is 5.61. The molecule has 0 unspecified atom stereocenters. The molecule has 0 fully saturated rings. The molecule has 17 heavy (non-hydrogen) atoms. The summed E-state index contributed by atoms with van der Waals surface area (Å²) in [5.41, 5.74) is 2.10. The molecule has 92 valence electrons. The molecule has 3 heteroatoms. The van der Waals surface area contributed by atoms with Gasteiger partial charge in [-0.25, -0.2) is 0 Å². The highest BCUT2D eigenvalue weighted by atomic mass is 32.2. The Hall–Kier alpha value is -0.930. The Labute approximate surface area is 114 Å². The van der Waals surface area contributed by atoms with Crippen LogP contribution in [0.5, 0.6) is 0 Å². The average Bonchev–Trinajstić information content (AvgIpc) is 2.85. The van der Waals surface area contributed by atoms with Gasteiger partial charge >= 0.3 is 0 Å². The van der Waals surface area contributed by atoms with Crippen molar-refractivity contribution in [3.8, 4) is 0 Å². The van der Waals surface area contributed by atoms with Crippen LogP contribution in [-0.2, 0) is 6.42 Å². The molecule has 0 saturated carbocycles. The SMILES string of the molecule is [2H]C([2H])([2H])C([2H])([2H])N(C)CCc1c[nH]c2ccc(SC)cc12. The zero-order valence-corrected chi connectivity index (χ0v) is 10.9. The number of rotatable bonds is 5. The van der Waals surface area contributed by atoms with Gasteiger partial charge in [-0.1, -0.05) is 6.85 Å². The first-order valence-electron chi connectivity index (χ1n) is 8.02. The molecule has 0 aliphatic carbocycles. The fraction of sp³-hybridized carbons (Fsp3) is 0.429. The van der Waals surface area contributed by atoms with E-state index in [-0.39, 0.29) is 0 Å². The van der Waals surface area contributed by atoms with Crippen molar-refractivity contribution in [3.05, 3.63) is 30.0 Å². The lowest BCUT2D eigenvalue weighted by Crippen LogP contribution is -2.20. The number of aromatic amines is 1. The van der Waals surface area contributed by atoms with Crippen molar-refractivity contribution in [2.45, 2.75) is 18.2 Å². The lowest BCUT2D eigenvalue weighted by molar-refractivity contribution is 0.358. The number of thioether (sulfide) groups is 1. The molecule has 0 amide bonds. The normalized spacial score (nSPS) is 17.5. The molecule has 0 saturated heterocycles. The third kappa shape index (κ3) is 2.85. The average molecular weight is 253 g/mol. The van der Waals surface area contributed by atoms with Crippen LogP contribution in [0.25, 0.3) is 10.9 Å². The maximum absolute atomic E-state index is 7.76. The molecule has 0 aliphatic rings. The second-order valence-corrected chi connectivity index (χ2v) is 4.89. The Bertz CT molecular complexity index is 650. The first-order chi connectivity index (χ1) is 10.2. The van der Waals surface area contributed by atoms with E-state index in [9.17, 15) is 0 Å². The van der Waals surface area contributed by atoms with Crippen molar-refractivity contribution >= 4 is 22.7 Å². The molecular weight excluding hydrogens is 228 g/mol. The van der Waals surface area contributed by atoms with E-state index in [0.717, 1.165) is 16.5 Å². The third-order valence-electron chi connectivity index (χ3n) is 2.88. The summed E-state index contributed by atoms with van der Waals surface area (Å²) in [6, 6.07) is 6.17. The minimum absolute atomic E-state index is 0.335. The van der Waals surface area contributed by atoms with Gasteiger partial charge in [-0.2, -0.15) is 0 Å². The zero-order chi connectivity index (χ0) is 16.5. The van der Waals surface area contributed by atoms with E-state index < -0.39 is 13.3 Å². The molecule has 0 spiro atoms. The standard InChI is InChI=1S/C14H20N2S/c1-4-16(2)8-7-11-10-15-14-6-5-12(17-3)9-13(11)14/h5-6,9-10,15H,4,7-8H2,1-3H3/i1D3,4D2. The Kier molecular flexibility index (Phi) is 2.47. The minimum Gasteiger partial charge on any atom is -0.361 e. The molecule has 1 aromatic carbocycles. The summed E-state index contributed by atoms with van der Waals surface area (Å²) in [6.07, 6.45) is 4.52. The van der Waals surface area contributed by atoms with Gasteiger partial charge in [0.1, 0.15) is 0 Å². The molecule has 1 heterocycles. The van der Waals surface area contributed by atoms with Crippen molar-refractivity contribution < 1.29 is 6.85 Å². The molecule has 2 nitrogen and oxygen atoms in total. The summed E-state index contributed by atoms with van der Waals surface area (Å²) >= 11 is 1.67. The van der Waals surface area contributed by atoms with Crippen LogP contribution in [0, 0.1) is 0 Å². The number of nitrogens with one attached hydrogen (secondary N) is 1. The topological polar surface area (TPSA) is 19.0 Å². The van der Waals surface area contributed by atoms with Crippen LogP contribution in [0.4, 0.5) is 0 Å². The molecule has 0 bridgehead atoms. The van der Waals surface area contributed by atoms with E-state index >= 15 is 0 Å². The summed E-state index contributed by atoms with van der Waals surface area (Å²) in [6.45, 7) is -4.65. The maximum atomic E-state index is 7.76. The fourth-order valence-corrected chi connectivity index (χ4v) is 2.28. The monoisotopic (exact) mass is 253 g/mol. The lowest BCUT2D eigenvalue weighted by Gasteiger charge is -2.12. The number of likely N-dealkylation sites (N-methyl/N-ethyl adjacent to an activating group) is 1. The van der Waals surface area contributed by atoms with Crippen molar-refractivity contribution in [3.63, 3.8) is 0 Å². The summed E-state index contributed by atoms with van der Waals surface area (Å²) in [7, 11) is 1.51. The summed E-state index contributed by atoms with van der Waals surface area (Å²) in [5.74, 6) is 0. The van der Waals surface area contributed by atoms with Crippen LogP contribution in [0.2, 0.25) is 0 Å². The molecule has 2 rings (SSSR count). The van der Waals surface area contributed by atoms with E-state index in [4.69, 9.17) is 6.85 Å². The van der Waals surface area contributed by atoms with Crippen LogP contribution < -0.4 is 0 Å². The molecule has 1 aromatic heterocycles. The number of nitrogens with zero attached hydrogens (tertiary/aromatic N) is 1. The van der Waals surface area contributed by atoms with Crippen molar-refractivity contribution in [2.75, 3.05) is 26.3 Å². The summed E-state index contributed by atoms with van der Waals surface area (Å²) in [5, 5.41) is 1.11. The van der Waals surface area contributed by atoms with Crippen LogP contribution in [0.1, 0.15) is 19.3 Å². The van der Waals surface area contributed by atoms with Gasteiger partial charge in [-0.3, -0.25) is 0 Å². The first-order valence-corrected chi connectivity index (χ1v) is 6.74. The van der Waals surface area contributed by atoms with Gasteiger partial charge in [0.25, 0.3) is 0 Å². The van der Waals surface area contributed by atoms with E-state index in [1.807, 2.05) is 24.6 Å². The van der Waals surface area contributed by atoms with Crippen LogP contribution in [0.15, 0.2) is 29.3 Å². The Morgan fingerprint density at radius 2 is 2.41 bits per heavy atom. The molecule has 0 atom stereocenters. The highest BCUT2D eigenvalue weighted by Crippen LogP contribution is 2.24. The maximum Gasteiger partial charge on any atom is 0.0457 e.